The van der Waals surface area contributed by atoms with E-state index < -0.39 is 0 Å². The monoisotopic (exact) mass is 509 g/mol. The van der Waals surface area contributed by atoms with E-state index in [9.17, 15) is 9.59 Å². The molecule has 7 rings (SSSR count). The fraction of sp³-hybridized carbons (Fsp3) is 0.222. The summed E-state index contributed by atoms with van der Waals surface area (Å²) in [6.45, 7) is 8.45. The van der Waals surface area contributed by atoms with Crippen LogP contribution < -0.4 is 4.90 Å². The zero-order valence-corrected chi connectivity index (χ0v) is 22.8. The van der Waals surface area contributed by atoms with E-state index in [0.29, 0.717) is 11.1 Å². The molecule has 39 heavy (non-hydrogen) atoms. The Morgan fingerprint density at radius 1 is 0.538 bits per heavy atom. The first-order chi connectivity index (χ1) is 18.9. The van der Waals surface area contributed by atoms with Crippen molar-refractivity contribution < 1.29 is 9.59 Å². The van der Waals surface area contributed by atoms with Gasteiger partial charge < -0.3 is 0 Å². The molecule has 0 N–H and O–H groups in total. The number of hydrogen-bond donors (Lipinski definition) is 0. The molecule has 0 radical (unpaired) electrons. The Morgan fingerprint density at radius 3 is 1.67 bits per heavy atom. The van der Waals surface area contributed by atoms with Crippen LogP contribution in [0.5, 0.6) is 0 Å². The first-order valence-corrected chi connectivity index (χ1v) is 14.0. The third-order valence-electron chi connectivity index (χ3n) is 8.64. The van der Waals surface area contributed by atoms with Crippen LogP contribution in [0.2, 0.25) is 0 Å². The molecule has 0 saturated heterocycles. The predicted octanol–water partition coefficient (Wildman–Crippen LogP) is 8.81. The van der Waals surface area contributed by atoms with Gasteiger partial charge in [0.05, 0.1) is 5.69 Å². The van der Waals surface area contributed by atoms with E-state index in [4.69, 9.17) is 0 Å². The maximum Gasteiger partial charge on any atom is 0.266 e. The van der Waals surface area contributed by atoms with Crippen molar-refractivity contribution in [3.63, 3.8) is 0 Å². The zero-order chi connectivity index (χ0) is 27.0. The van der Waals surface area contributed by atoms with E-state index in [2.05, 4.69) is 70.2 Å². The number of anilines is 1. The van der Waals surface area contributed by atoms with Crippen molar-refractivity contribution in [3.05, 3.63) is 112 Å². The van der Waals surface area contributed by atoms with Gasteiger partial charge in [0.25, 0.3) is 11.8 Å². The van der Waals surface area contributed by atoms with Crippen LogP contribution in [-0.2, 0) is 12.8 Å². The minimum atomic E-state index is -0.245. The molecule has 0 aromatic heterocycles. The van der Waals surface area contributed by atoms with E-state index in [1.54, 1.807) is 0 Å². The lowest BCUT2D eigenvalue weighted by molar-refractivity contribution is 0.0893. The van der Waals surface area contributed by atoms with Crippen LogP contribution in [0.1, 0.15) is 82.5 Å². The number of carbonyl (C=O) groups excluding carboxylic acids is 2. The van der Waals surface area contributed by atoms with Crippen LogP contribution in [0.15, 0.2) is 78.9 Å². The molecule has 2 amide bonds. The van der Waals surface area contributed by atoms with Crippen molar-refractivity contribution in [2.24, 2.45) is 0 Å². The van der Waals surface area contributed by atoms with Gasteiger partial charge in [-0.15, -0.1) is 0 Å². The number of amides is 2. The van der Waals surface area contributed by atoms with Gasteiger partial charge in [0.1, 0.15) is 0 Å². The standard InChI is InChI=1S/C36H31NO2/c1-20(2)24-9-6-10-25(21(3)4)34(24)37-35(38)30-13-7-12-29-27(18-19-31(33(29)30)36(37)39)26-17-16-23-15-14-22-8-5-11-28(26)32(22)23/h5-13,16-21H,14-15H2,1-4H3. The van der Waals surface area contributed by atoms with Gasteiger partial charge in [-0.25, -0.2) is 4.90 Å². The average Bonchev–Trinajstić information content (AvgIpc) is 3.36. The van der Waals surface area contributed by atoms with Gasteiger partial charge in [-0.05, 0) is 86.3 Å². The van der Waals surface area contributed by atoms with Crippen LogP contribution in [0.4, 0.5) is 5.69 Å². The van der Waals surface area contributed by atoms with Crippen LogP contribution in [0.25, 0.3) is 32.7 Å². The second-order valence-electron chi connectivity index (χ2n) is 11.5. The van der Waals surface area contributed by atoms with Gasteiger partial charge >= 0.3 is 0 Å². The molecular weight excluding hydrogens is 478 g/mol. The third kappa shape index (κ3) is 3.35. The van der Waals surface area contributed by atoms with Crippen molar-refractivity contribution in [1.29, 1.82) is 0 Å². The Bertz CT molecular complexity index is 1800. The molecule has 3 nitrogen and oxygen atoms in total. The molecule has 192 valence electrons. The fourth-order valence-electron chi connectivity index (χ4n) is 6.79. The minimum Gasteiger partial charge on any atom is -0.268 e. The number of carbonyl (C=O) groups is 2. The molecule has 0 unspecified atom stereocenters. The fourth-order valence-corrected chi connectivity index (χ4v) is 6.79. The molecule has 5 aromatic rings. The first-order valence-electron chi connectivity index (χ1n) is 14.0. The summed E-state index contributed by atoms with van der Waals surface area (Å²) in [5.41, 5.74) is 8.96. The molecule has 0 bridgehead atoms. The summed E-state index contributed by atoms with van der Waals surface area (Å²) >= 11 is 0. The second kappa shape index (κ2) is 8.64. The number of hydrogen-bond acceptors (Lipinski definition) is 2. The van der Waals surface area contributed by atoms with Gasteiger partial charge in [0.15, 0.2) is 0 Å². The van der Waals surface area contributed by atoms with Crippen molar-refractivity contribution in [2.75, 3.05) is 4.90 Å². The second-order valence-corrected chi connectivity index (χ2v) is 11.5. The lowest BCUT2D eigenvalue weighted by Gasteiger charge is -2.32. The highest BCUT2D eigenvalue weighted by atomic mass is 16.2. The van der Waals surface area contributed by atoms with E-state index in [1.165, 1.54) is 26.8 Å². The van der Waals surface area contributed by atoms with Gasteiger partial charge in [-0.2, -0.15) is 0 Å². The highest BCUT2D eigenvalue weighted by molar-refractivity contribution is 6.37. The lowest BCUT2D eigenvalue weighted by atomic mass is 9.85. The van der Waals surface area contributed by atoms with Crippen LogP contribution >= 0.6 is 0 Å². The van der Waals surface area contributed by atoms with Crippen LogP contribution in [0, 0.1) is 0 Å². The zero-order valence-electron chi connectivity index (χ0n) is 22.8. The van der Waals surface area contributed by atoms with E-state index in [0.717, 1.165) is 51.6 Å². The van der Waals surface area contributed by atoms with Crippen molar-refractivity contribution in [2.45, 2.75) is 52.4 Å². The number of para-hydroxylation sites is 1. The Labute approximate surface area is 229 Å². The van der Waals surface area contributed by atoms with Gasteiger partial charge in [-0.1, -0.05) is 94.4 Å². The average molecular weight is 510 g/mol. The molecule has 1 aliphatic heterocycles. The Hall–Kier alpha value is -4.24. The molecule has 2 aliphatic rings. The SMILES string of the molecule is CC(C)c1cccc(C(C)C)c1N1C(=O)c2cccc3c(-c4ccc5c6c(cccc46)CC5)ccc(c23)C1=O. The van der Waals surface area contributed by atoms with E-state index in [-0.39, 0.29) is 23.7 Å². The summed E-state index contributed by atoms with van der Waals surface area (Å²) < 4.78 is 0. The highest BCUT2D eigenvalue weighted by Crippen LogP contribution is 2.44. The smallest absolute Gasteiger partial charge is 0.266 e. The Balaban J connectivity index is 1.47. The molecule has 1 aliphatic carbocycles. The lowest BCUT2D eigenvalue weighted by Crippen LogP contribution is -2.41. The largest absolute Gasteiger partial charge is 0.268 e. The molecule has 5 aromatic carbocycles. The minimum absolute atomic E-state index is 0.169. The Kier molecular flexibility index (Phi) is 5.28. The van der Waals surface area contributed by atoms with Crippen molar-refractivity contribution >= 4 is 39.0 Å². The number of aryl methyl sites for hydroxylation is 2. The quantitative estimate of drug-likeness (QED) is 0.227. The summed E-state index contributed by atoms with van der Waals surface area (Å²) in [7, 11) is 0. The number of rotatable bonds is 4. The van der Waals surface area contributed by atoms with Crippen molar-refractivity contribution in [3.8, 4) is 11.1 Å². The summed E-state index contributed by atoms with van der Waals surface area (Å²) in [6.07, 6.45) is 2.16. The van der Waals surface area contributed by atoms with Crippen LogP contribution in [-0.4, -0.2) is 11.8 Å². The summed E-state index contributed by atoms with van der Waals surface area (Å²) in [4.78, 5) is 29.9. The predicted molar refractivity (Wildman–Crippen MR) is 160 cm³/mol. The molecule has 0 atom stereocenters. The maximum absolute atomic E-state index is 14.2. The molecule has 0 spiro atoms. The first kappa shape index (κ1) is 23.8. The molecule has 1 heterocycles. The summed E-state index contributed by atoms with van der Waals surface area (Å²) in [5.74, 6) is -0.151. The maximum atomic E-state index is 14.2. The van der Waals surface area contributed by atoms with Gasteiger partial charge in [-0.3, -0.25) is 9.59 Å². The van der Waals surface area contributed by atoms with E-state index >= 15 is 0 Å². The molecule has 0 fully saturated rings. The molecule has 0 saturated carbocycles. The van der Waals surface area contributed by atoms with Gasteiger partial charge in [0.2, 0.25) is 0 Å². The van der Waals surface area contributed by atoms with Crippen LogP contribution in [0.3, 0.4) is 0 Å². The van der Waals surface area contributed by atoms with E-state index in [1.807, 2.05) is 36.4 Å². The molecular formula is C36H31NO2. The van der Waals surface area contributed by atoms with Crippen molar-refractivity contribution in [1.82, 2.24) is 0 Å². The molecule has 3 heteroatoms. The number of benzene rings is 5. The topological polar surface area (TPSA) is 37.4 Å². The highest BCUT2D eigenvalue weighted by Gasteiger charge is 2.37. The summed E-state index contributed by atoms with van der Waals surface area (Å²) in [5, 5.41) is 4.31. The summed E-state index contributed by atoms with van der Waals surface area (Å²) in [6, 6.07) is 27.0. The third-order valence-corrected chi connectivity index (χ3v) is 8.64. The number of nitrogens with zero attached hydrogens (tertiary/aromatic N) is 1. The Morgan fingerprint density at radius 2 is 1.03 bits per heavy atom. The normalized spacial score (nSPS) is 14.5. The van der Waals surface area contributed by atoms with Gasteiger partial charge in [0, 0.05) is 16.5 Å². The number of imide groups is 1.